The van der Waals surface area contributed by atoms with E-state index in [-0.39, 0.29) is 12.6 Å². The molecule has 0 amide bonds. The summed E-state index contributed by atoms with van der Waals surface area (Å²) in [6.45, 7) is 3.30. The van der Waals surface area contributed by atoms with Crippen LogP contribution in [0.4, 0.5) is 0 Å². The van der Waals surface area contributed by atoms with Crippen molar-refractivity contribution in [1.29, 1.82) is 0 Å². The zero-order chi connectivity index (χ0) is 23.7. The van der Waals surface area contributed by atoms with Gasteiger partial charge in [0.1, 0.15) is 22.9 Å². The van der Waals surface area contributed by atoms with Gasteiger partial charge in [-0.2, -0.15) is 0 Å². The SMILES string of the molecule is COc1ccccc1[C@@H](Cn1c(=O)[nH]c(=O)c2c(C)c(-c3ncco3)sc21)OC1CCOCC1. The summed E-state index contributed by atoms with van der Waals surface area (Å²) in [5.74, 6) is 1.09. The molecule has 1 fully saturated rings. The van der Waals surface area contributed by atoms with Gasteiger partial charge in [0.05, 0.1) is 36.2 Å². The molecule has 0 saturated carbocycles. The highest BCUT2D eigenvalue weighted by molar-refractivity contribution is 7.22. The van der Waals surface area contributed by atoms with Gasteiger partial charge in [-0.25, -0.2) is 9.78 Å². The number of nitrogens with zero attached hydrogens (tertiary/aromatic N) is 2. The molecular weight excluding hydrogens is 458 g/mol. The van der Waals surface area contributed by atoms with Crippen molar-refractivity contribution in [3.8, 4) is 16.5 Å². The molecule has 10 heteroatoms. The number of benzene rings is 1. The summed E-state index contributed by atoms with van der Waals surface area (Å²) in [7, 11) is 1.61. The van der Waals surface area contributed by atoms with Crippen molar-refractivity contribution in [2.75, 3.05) is 20.3 Å². The fourth-order valence-electron chi connectivity index (χ4n) is 4.34. The van der Waals surface area contributed by atoms with Gasteiger partial charge in [-0.05, 0) is 31.4 Å². The van der Waals surface area contributed by atoms with Crippen LogP contribution in [0.5, 0.6) is 5.75 Å². The van der Waals surface area contributed by atoms with Gasteiger partial charge in [-0.1, -0.05) is 18.2 Å². The largest absolute Gasteiger partial charge is 0.496 e. The number of hydrogen-bond donors (Lipinski definition) is 1. The smallest absolute Gasteiger partial charge is 0.329 e. The number of nitrogens with one attached hydrogen (secondary N) is 1. The molecular formula is C24H25N3O6S. The average molecular weight is 484 g/mol. The number of methoxy groups -OCH3 is 1. The van der Waals surface area contributed by atoms with Crippen LogP contribution in [-0.4, -0.2) is 41.0 Å². The van der Waals surface area contributed by atoms with Crippen LogP contribution >= 0.6 is 11.3 Å². The van der Waals surface area contributed by atoms with E-state index in [4.69, 9.17) is 18.6 Å². The van der Waals surface area contributed by atoms with E-state index in [1.54, 1.807) is 17.9 Å². The van der Waals surface area contributed by atoms with E-state index < -0.39 is 17.4 Å². The maximum Gasteiger partial charge on any atom is 0.329 e. The van der Waals surface area contributed by atoms with Crippen molar-refractivity contribution in [2.45, 2.75) is 38.5 Å². The monoisotopic (exact) mass is 483 g/mol. The van der Waals surface area contributed by atoms with Crippen LogP contribution in [-0.2, 0) is 16.0 Å². The molecule has 1 aliphatic heterocycles. The topological polar surface area (TPSA) is 109 Å². The standard InChI is InChI=1S/C24H25N3O6S/c1-14-19-21(28)26-24(29)27(23(19)34-20(14)22-25-9-12-32-22)13-18(33-15-7-10-31-11-8-15)16-5-3-4-6-17(16)30-2/h3-6,9,12,15,18H,7-8,10-11,13H2,1-2H3,(H,26,28,29)/t18-/m1/s1. The summed E-state index contributed by atoms with van der Waals surface area (Å²) in [5, 5.41) is 0.447. The van der Waals surface area contributed by atoms with Gasteiger partial charge in [0, 0.05) is 18.8 Å². The summed E-state index contributed by atoms with van der Waals surface area (Å²) < 4.78 is 24.6. The molecule has 1 saturated heterocycles. The van der Waals surface area contributed by atoms with Gasteiger partial charge in [0.25, 0.3) is 5.56 Å². The highest BCUT2D eigenvalue weighted by Gasteiger charge is 2.26. The Morgan fingerprint density at radius 3 is 2.79 bits per heavy atom. The molecule has 5 rings (SSSR count). The third kappa shape index (κ3) is 4.20. The van der Waals surface area contributed by atoms with Crippen LogP contribution in [0, 0.1) is 6.92 Å². The minimum atomic E-state index is -0.492. The van der Waals surface area contributed by atoms with Gasteiger partial charge in [0.2, 0.25) is 5.89 Å². The Morgan fingerprint density at radius 2 is 2.06 bits per heavy atom. The van der Waals surface area contributed by atoms with E-state index in [9.17, 15) is 9.59 Å². The number of para-hydroxylation sites is 1. The van der Waals surface area contributed by atoms with Gasteiger partial charge in [0.15, 0.2) is 0 Å². The lowest BCUT2D eigenvalue weighted by Crippen LogP contribution is -2.33. The number of oxazole rings is 1. The van der Waals surface area contributed by atoms with E-state index in [1.807, 2.05) is 31.2 Å². The fraction of sp³-hybridized carbons (Fsp3) is 0.375. The first-order valence-corrected chi connectivity index (χ1v) is 11.9. The first-order chi connectivity index (χ1) is 16.6. The third-order valence-electron chi connectivity index (χ3n) is 6.05. The number of rotatable bonds is 7. The van der Waals surface area contributed by atoms with E-state index in [1.165, 1.54) is 17.6 Å². The molecule has 178 valence electrons. The Bertz CT molecular complexity index is 1400. The molecule has 0 unspecified atom stereocenters. The molecule has 0 radical (unpaired) electrons. The van der Waals surface area contributed by atoms with Gasteiger partial charge < -0.3 is 18.6 Å². The van der Waals surface area contributed by atoms with Crippen molar-refractivity contribution in [2.24, 2.45) is 0 Å². The number of thiophene rings is 1. The van der Waals surface area contributed by atoms with Crippen LogP contribution in [0.3, 0.4) is 0 Å². The molecule has 4 aromatic rings. The number of aryl methyl sites for hydroxylation is 1. The Balaban J connectivity index is 1.62. The third-order valence-corrected chi connectivity index (χ3v) is 7.35. The quantitative estimate of drug-likeness (QED) is 0.427. The predicted octanol–water partition coefficient (Wildman–Crippen LogP) is 3.66. The van der Waals surface area contributed by atoms with Gasteiger partial charge in [-0.3, -0.25) is 14.3 Å². The summed E-state index contributed by atoms with van der Waals surface area (Å²) in [6, 6.07) is 7.62. The highest BCUT2D eigenvalue weighted by atomic mass is 32.1. The molecule has 1 atom stereocenters. The van der Waals surface area contributed by atoms with Crippen molar-refractivity contribution >= 4 is 21.6 Å². The number of hydrogen-bond acceptors (Lipinski definition) is 8. The Hall–Kier alpha value is -3.21. The van der Waals surface area contributed by atoms with Crippen LogP contribution in [0.1, 0.15) is 30.1 Å². The molecule has 0 bridgehead atoms. The average Bonchev–Trinajstić information content (AvgIpc) is 3.50. The van der Waals surface area contributed by atoms with Crippen LogP contribution in [0.2, 0.25) is 0 Å². The first-order valence-electron chi connectivity index (χ1n) is 11.1. The molecule has 34 heavy (non-hydrogen) atoms. The normalized spacial score (nSPS) is 15.6. The van der Waals surface area contributed by atoms with Crippen molar-refractivity contribution in [3.63, 3.8) is 0 Å². The number of ether oxygens (including phenoxy) is 3. The summed E-state index contributed by atoms with van der Waals surface area (Å²) in [5.41, 5.74) is 0.635. The van der Waals surface area contributed by atoms with Crippen molar-refractivity contribution < 1.29 is 18.6 Å². The maximum atomic E-state index is 13.0. The predicted molar refractivity (Wildman–Crippen MR) is 128 cm³/mol. The zero-order valence-electron chi connectivity index (χ0n) is 18.9. The Kier molecular flexibility index (Phi) is 6.36. The zero-order valence-corrected chi connectivity index (χ0v) is 19.7. The molecule has 4 heterocycles. The molecule has 0 spiro atoms. The van der Waals surface area contributed by atoms with E-state index >= 15 is 0 Å². The number of fused-ring (bicyclic) bond motifs is 1. The highest BCUT2D eigenvalue weighted by Crippen LogP contribution is 2.37. The number of H-pyrrole nitrogens is 1. The second-order valence-electron chi connectivity index (χ2n) is 8.12. The second kappa shape index (κ2) is 9.57. The molecule has 0 aliphatic carbocycles. The van der Waals surface area contributed by atoms with Crippen LogP contribution in [0.15, 0.2) is 50.7 Å². The van der Waals surface area contributed by atoms with Crippen molar-refractivity contribution in [3.05, 3.63) is 68.7 Å². The molecule has 9 nitrogen and oxygen atoms in total. The molecule has 1 aliphatic rings. The van der Waals surface area contributed by atoms with Gasteiger partial charge >= 0.3 is 5.69 Å². The van der Waals surface area contributed by atoms with E-state index in [0.29, 0.717) is 39.9 Å². The van der Waals surface area contributed by atoms with Crippen LogP contribution in [0.25, 0.3) is 21.0 Å². The first kappa shape index (κ1) is 22.6. The van der Waals surface area contributed by atoms with Gasteiger partial charge in [-0.15, -0.1) is 11.3 Å². The maximum absolute atomic E-state index is 13.0. The Morgan fingerprint density at radius 1 is 1.26 bits per heavy atom. The van der Waals surface area contributed by atoms with E-state index in [0.717, 1.165) is 24.0 Å². The fourth-order valence-corrected chi connectivity index (χ4v) is 5.59. The minimum Gasteiger partial charge on any atom is -0.496 e. The lowest BCUT2D eigenvalue weighted by molar-refractivity contribution is -0.0752. The summed E-state index contributed by atoms with van der Waals surface area (Å²) in [4.78, 5) is 33.8. The summed E-state index contributed by atoms with van der Waals surface area (Å²) >= 11 is 1.31. The van der Waals surface area contributed by atoms with E-state index in [2.05, 4.69) is 9.97 Å². The molecule has 1 aromatic carbocycles. The lowest BCUT2D eigenvalue weighted by atomic mass is 10.1. The molecule has 1 N–H and O–H groups in total. The van der Waals surface area contributed by atoms with Crippen molar-refractivity contribution in [1.82, 2.24) is 14.5 Å². The number of aromatic amines is 1. The lowest BCUT2D eigenvalue weighted by Gasteiger charge is -2.29. The molecule has 3 aromatic heterocycles. The second-order valence-corrected chi connectivity index (χ2v) is 9.12. The summed E-state index contributed by atoms with van der Waals surface area (Å²) in [6.07, 6.45) is 4.10. The minimum absolute atomic E-state index is 0.00873. The van der Waals surface area contributed by atoms with Crippen LogP contribution < -0.4 is 16.0 Å². The Labute approximate surface area is 198 Å². The number of aromatic nitrogens is 3.